The van der Waals surface area contributed by atoms with E-state index in [4.69, 9.17) is 9.68 Å². The average Bonchev–Trinajstić information content (AvgIpc) is 2.29. The number of pyridine rings is 1. The van der Waals surface area contributed by atoms with Crippen molar-refractivity contribution in [2.45, 2.75) is 25.5 Å². The van der Waals surface area contributed by atoms with Crippen molar-refractivity contribution in [3.05, 3.63) is 24.0 Å². The molecule has 0 spiro atoms. The van der Waals surface area contributed by atoms with Crippen LogP contribution in [0.1, 0.15) is 26.3 Å². The van der Waals surface area contributed by atoms with Crippen molar-refractivity contribution in [2.75, 3.05) is 5.75 Å². The highest BCUT2D eigenvalue weighted by Crippen LogP contribution is 2.31. The maximum absolute atomic E-state index is 12.0. The third-order valence-corrected chi connectivity index (χ3v) is 5.35. The quantitative estimate of drug-likeness (QED) is 0.772. The van der Waals surface area contributed by atoms with Gasteiger partial charge in [0.2, 0.25) is 0 Å². The van der Waals surface area contributed by atoms with E-state index in [1.165, 1.54) is 12.4 Å². The summed E-state index contributed by atoms with van der Waals surface area (Å²) < 4.78 is 27.8. The van der Waals surface area contributed by atoms with Gasteiger partial charge in [-0.1, -0.05) is 6.92 Å². The van der Waals surface area contributed by atoms with Crippen molar-refractivity contribution < 1.29 is 18.1 Å². The summed E-state index contributed by atoms with van der Waals surface area (Å²) >= 11 is 0. The van der Waals surface area contributed by atoms with E-state index in [0.29, 0.717) is 11.3 Å². The van der Waals surface area contributed by atoms with Crippen molar-refractivity contribution in [1.82, 2.24) is 4.98 Å². The summed E-state index contributed by atoms with van der Waals surface area (Å²) in [5.41, 5.74) is 0.547. The molecular weight excluding hydrogens is 241 g/mol. The Bertz CT molecular complexity index is 487. The number of sulfone groups is 1. The fourth-order valence-corrected chi connectivity index (χ4v) is 2.63. The normalized spacial score (nSPS) is 12.2. The van der Waals surface area contributed by atoms with Crippen LogP contribution in [0.5, 0.6) is 5.75 Å². The summed E-state index contributed by atoms with van der Waals surface area (Å²) in [7, 11) is -3.71. The Labute approximate surface area is 102 Å². The summed E-state index contributed by atoms with van der Waals surface area (Å²) in [5.74, 6) is 0.412. The molecule has 7 heteroatoms. The molecule has 1 rings (SSSR count). The zero-order valence-electron chi connectivity index (χ0n) is 10.2. The van der Waals surface area contributed by atoms with Gasteiger partial charge in [0.25, 0.3) is 0 Å². The minimum Gasteiger partial charge on any atom is -0.538 e. The Morgan fingerprint density at radius 2 is 2.12 bits per heavy atom. The summed E-state index contributed by atoms with van der Waals surface area (Å²) in [6, 6.07) is 1.58. The fourth-order valence-electron chi connectivity index (χ4n) is 1.44. The molecule has 0 saturated heterocycles. The highest BCUT2D eigenvalue weighted by atomic mass is 32.2. The first-order chi connectivity index (χ1) is 7.85. The van der Waals surface area contributed by atoms with Gasteiger partial charge in [0.05, 0.1) is 10.9 Å². The molecule has 0 aliphatic rings. The van der Waals surface area contributed by atoms with Crippen LogP contribution < -0.4 is 4.65 Å². The topological polar surface area (TPSA) is 76.5 Å². The van der Waals surface area contributed by atoms with E-state index >= 15 is 0 Å². The van der Waals surface area contributed by atoms with Crippen LogP contribution in [0.2, 0.25) is 0 Å². The van der Waals surface area contributed by atoms with E-state index < -0.39 is 22.3 Å². The van der Waals surface area contributed by atoms with Crippen molar-refractivity contribution in [3.8, 4) is 5.75 Å². The molecule has 0 atom stereocenters. The largest absolute Gasteiger partial charge is 0.538 e. The summed E-state index contributed by atoms with van der Waals surface area (Å²) in [6.07, 6.45) is 2.92. The maximum atomic E-state index is 12.0. The molecule has 0 aliphatic heterocycles. The lowest BCUT2D eigenvalue weighted by atomic mass is 10.0. The highest BCUT2D eigenvalue weighted by Gasteiger charge is 2.35. The first-order valence-corrected chi connectivity index (χ1v) is 6.92. The summed E-state index contributed by atoms with van der Waals surface area (Å²) in [6.45, 7) is 4.87. The van der Waals surface area contributed by atoms with Crippen LogP contribution in [0.15, 0.2) is 18.5 Å². The molecule has 1 heterocycles. The van der Waals surface area contributed by atoms with Crippen LogP contribution in [0, 0.1) is 0 Å². The zero-order valence-corrected chi connectivity index (χ0v) is 11.0. The predicted molar refractivity (Wildman–Crippen MR) is 66.7 cm³/mol. The van der Waals surface area contributed by atoms with Gasteiger partial charge in [0.15, 0.2) is 9.84 Å². The molecule has 0 unspecified atom stereocenters. The molecule has 0 saturated carbocycles. The summed E-state index contributed by atoms with van der Waals surface area (Å²) in [5, 5.41) is 8.65. The lowest BCUT2D eigenvalue weighted by molar-refractivity contribution is 0.451. The third-order valence-electron chi connectivity index (χ3n) is 2.80. The number of rotatable bonds is 5. The van der Waals surface area contributed by atoms with E-state index in [0.717, 1.165) is 0 Å². The zero-order chi connectivity index (χ0) is 13.1. The molecule has 0 fully saturated rings. The lowest BCUT2D eigenvalue weighted by Gasteiger charge is -2.24. The second-order valence-corrected chi connectivity index (χ2v) is 6.92. The molecule has 17 heavy (non-hydrogen) atoms. The standard InChI is InChI=1S/C10H16BNO4S/c1-4-17(14,15)10(2,3)8-5-9(16-11-13)7-12-6-8/h5-7,11,13H,4H2,1-3H3. The van der Waals surface area contributed by atoms with Gasteiger partial charge in [-0.25, -0.2) is 8.42 Å². The number of aromatic nitrogens is 1. The molecule has 0 aliphatic carbocycles. The van der Waals surface area contributed by atoms with Gasteiger partial charge >= 0.3 is 7.69 Å². The van der Waals surface area contributed by atoms with Crippen molar-refractivity contribution in [1.29, 1.82) is 0 Å². The number of hydrogen-bond donors (Lipinski definition) is 1. The first-order valence-electron chi connectivity index (χ1n) is 5.26. The van der Waals surface area contributed by atoms with Crippen LogP contribution >= 0.6 is 0 Å². The third kappa shape index (κ3) is 2.78. The van der Waals surface area contributed by atoms with Crippen LogP contribution in [-0.2, 0) is 14.6 Å². The molecule has 0 aromatic carbocycles. The van der Waals surface area contributed by atoms with E-state index in [1.807, 2.05) is 0 Å². The number of hydrogen-bond acceptors (Lipinski definition) is 5. The van der Waals surface area contributed by atoms with E-state index in [-0.39, 0.29) is 5.75 Å². The molecule has 1 aromatic heterocycles. The number of nitrogens with zero attached hydrogens (tertiary/aromatic N) is 1. The molecular formula is C10H16BNO4S. The van der Waals surface area contributed by atoms with Gasteiger partial charge in [-0.3, -0.25) is 4.98 Å². The van der Waals surface area contributed by atoms with Gasteiger partial charge in [-0.15, -0.1) is 0 Å². The Morgan fingerprint density at radius 3 is 2.65 bits per heavy atom. The minimum absolute atomic E-state index is 0.0606. The Hall–Kier alpha value is -1.08. The van der Waals surface area contributed by atoms with Crippen LogP contribution in [0.4, 0.5) is 0 Å². The molecule has 5 nitrogen and oxygen atoms in total. The predicted octanol–water partition coefficient (Wildman–Crippen LogP) is 0.389. The molecule has 0 bridgehead atoms. The fraction of sp³-hybridized carbons (Fsp3) is 0.500. The van der Waals surface area contributed by atoms with E-state index in [1.54, 1.807) is 26.8 Å². The second-order valence-electron chi connectivity index (χ2n) is 4.10. The van der Waals surface area contributed by atoms with Gasteiger partial charge in [0.1, 0.15) is 5.75 Å². The molecule has 0 radical (unpaired) electrons. The molecule has 1 N–H and O–H groups in total. The van der Waals surface area contributed by atoms with Gasteiger partial charge in [-0.2, -0.15) is 0 Å². The first kappa shape index (κ1) is 14.0. The van der Waals surface area contributed by atoms with E-state index in [2.05, 4.69) is 4.98 Å². The summed E-state index contributed by atoms with van der Waals surface area (Å²) in [4.78, 5) is 3.92. The maximum Gasteiger partial charge on any atom is 0.504 e. The lowest BCUT2D eigenvalue weighted by Crippen LogP contribution is -2.30. The molecule has 1 aromatic rings. The van der Waals surface area contributed by atoms with Crippen LogP contribution in [0.25, 0.3) is 0 Å². The van der Waals surface area contributed by atoms with E-state index in [9.17, 15) is 8.42 Å². The second kappa shape index (κ2) is 5.06. The average molecular weight is 257 g/mol. The smallest absolute Gasteiger partial charge is 0.504 e. The van der Waals surface area contributed by atoms with Crippen molar-refractivity contribution in [3.63, 3.8) is 0 Å². The van der Waals surface area contributed by atoms with Gasteiger partial charge in [-0.05, 0) is 25.5 Å². The van der Waals surface area contributed by atoms with Crippen molar-refractivity contribution >= 4 is 17.5 Å². The minimum atomic E-state index is -3.24. The highest BCUT2D eigenvalue weighted by molar-refractivity contribution is 7.92. The Morgan fingerprint density at radius 1 is 1.47 bits per heavy atom. The molecule has 94 valence electrons. The Kier molecular flexibility index (Phi) is 4.16. The molecule has 0 amide bonds. The monoisotopic (exact) mass is 257 g/mol. The van der Waals surface area contributed by atoms with Crippen molar-refractivity contribution in [2.24, 2.45) is 0 Å². The van der Waals surface area contributed by atoms with Gasteiger partial charge in [0, 0.05) is 11.9 Å². The van der Waals surface area contributed by atoms with Crippen LogP contribution in [0.3, 0.4) is 0 Å². The van der Waals surface area contributed by atoms with Crippen LogP contribution in [-0.4, -0.2) is 31.9 Å². The Balaban J connectivity index is 3.19. The van der Waals surface area contributed by atoms with Gasteiger partial charge < -0.3 is 9.68 Å². The SMILES string of the molecule is CCS(=O)(=O)C(C)(C)c1cncc(OBO)c1.